The van der Waals surface area contributed by atoms with Gasteiger partial charge in [-0.15, -0.1) is 0 Å². The van der Waals surface area contributed by atoms with Crippen LogP contribution in [0.25, 0.3) is 5.41 Å². The van der Waals surface area contributed by atoms with Crippen molar-refractivity contribution in [2.45, 2.75) is 52.4 Å². The maximum Gasteiger partial charge on any atom is 0.341 e. The van der Waals surface area contributed by atoms with Crippen LogP contribution in [0, 0.1) is 22.7 Å². The Morgan fingerprint density at radius 1 is 0.952 bits per heavy atom. The van der Waals surface area contributed by atoms with Gasteiger partial charge in [0.05, 0.1) is 13.1 Å². The molecule has 0 bridgehead atoms. The van der Waals surface area contributed by atoms with E-state index in [1.165, 1.54) is 56.5 Å². The number of rotatable bonds is 8. The lowest BCUT2D eigenvalue weighted by Gasteiger charge is -2.08. The standard InChI is InChI=1S/C11H25N3.C4N3/c1-3-5-7-9-14(11(12)13)10-8-6-4-2;5-1-4(2-6)3-7/h3-10H2,1-2H3,(H3,12,13);/q;-1/p+1. The SMILES string of the molecule is CCCCC[N+](CCCCC)=C(N)N.N#CC(=C=[N-])C#N. The first kappa shape index (κ1) is 21.0. The average molecular weight is 290 g/mol. The van der Waals surface area contributed by atoms with Crippen molar-refractivity contribution in [1.82, 2.24) is 0 Å². The zero-order valence-corrected chi connectivity index (χ0v) is 13.1. The molecule has 6 heteroatoms. The number of nitriles is 2. The summed E-state index contributed by atoms with van der Waals surface area (Å²) in [6.45, 7) is 6.44. The number of nitrogens with zero attached hydrogens (tertiary/aromatic N) is 4. The van der Waals surface area contributed by atoms with E-state index in [2.05, 4.69) is 18.4 Å². The molecule has 21 heavy (non-hydrogen) atoms. The molecule has 6 nitrogen and oxygen atoms in total. The molecule has 0 rings (SSSR count). The largest absolute Gasteiger partial charge is 0.762 e. The lowest BCUT2D eigenvalue weighted by Crippen LogP contribution is -2.37. The molecule has 0 aromatic rings. The summed E-state index contributed by atoms with van der Waals surface area (Å²) in [5.74, 6) is 1.88. The highest BCUT2D eigenvalue weighted by Crippen LogP contribution is 1.98. The third-order valence-electron chi connectivity index (χ3n) is 2.76. The molecule has 0 aromatic carbocycles. The summed E-state index contributed by atoms with van der Waals surface area (Å²) in [6.07, 6.45) is 7.40. The van der Waals surface area contributed by atoms with Crippen molar-refractivity contribution in [3.05, 3.63) is 11.0 Å². The summed E-state index contributed by atoms with van der Waals surface area (Å²) in [5.41, 5.74) is 10.8. The summed E-state index contributed by atoms with van der Waals surface area (Å²) in [7, 11) is 0. The van der Waals surface area contributed by atoms with E-state index >= 15 is 0 Å². The molecule has 4 N–H and O–H groups in total. The van der Waals surface area contributed by atoms with Crippen LogP contribution >= 0.6 is 0 Å². The molecule has 0 aliphatic carbocycles. The van der Waals surface area contributed by atoms with E-state index in [0.29, 0.717) is 5.96 Å². The van der Waals surface area contributed by atoms with Gasteiger partial charge in [0.25, 0.3) is 0 Å². The van der Waals surface area contributed by atoms with Crippen molar-refractivity contribution in [1.29, 1.82) is 10.5 Å². The molecule has 0 saturated carbocycles. The highest BCUT2D eigenvalue weighted by Gasteiger charge is 2.02. The van der Waals surface area contributed by atoms with Gasteiger partial charge >= 0.3 is 5.96 Å². The Labute approximate surface area is 127 Å². The predicted molar refractivity (Wildman–Crippen MR) is 85.5 cm³/mol. The molecular formula is C15H26N6. The van der Waals surface area contributed by atoms with E-state index < -0.39 is 5.57 Å². The molecule has 0 spiro atoms. The molecular weight excluding hydrogens is 264 g/mol. The van der Waals surface area contributed by atoms with Crippen LogP contribution in [0.5, 0.6) is 0 Å². The first-order valence-electron chi connectivity index (χ1n) is 7.27. The normalized spacial score (nSPS) is 8.38. The van der Waals surface area contributed by atoms with Gasteiger partial charge in [-0.3, -0.25) is 16.0 Å². The highest BCUT2D eigenvalue weighted by molar-refractivity contribution is 5.71. The summed E-state index contributed by atoms with van der Waals surface area (Å²) < 4.78 is 2.10. The topological polar surface area (TPSA) is 125 Å². The van der Waals surface area contributed by atoms with Gasteiger partial charge in [0.1, 0.15) is 17.7 Å². The van der Waals surface area contributed by atoms with Crippen molar-refractivity contribution < 1.29 is 4.58 Å². The first-order chi connectivity index (χ1) is 10.1. The van der Waals surface area contributed by atoms with Crippen molar-refractivity contribution >= 4 is 11.8 Å². The Morgan fingerprint density at radius 3 is 1.57 bits per heavy atom. The van der Waals surface area contributed by atoms with Crippen LogP contribution < -0.4 is 11.5 Å². The van der Waals surface area contributed by atoms with Crippen LogP contribution in [0.4, 0.5) is 0 Å². The average Bonchev–Trinajstić information content (AvgIpc) is 2.48. The van der Waals surface area contributed by atoms with Crippen molar-refractivity contribution in [3.8, 4) is 12.1 Å². The van der Waals surface area contributed by atoms with E-state index in [-0.39, 0.29) is 0 Å². The third-order valence-corrected chi connectivity index (χ3v) is 2.76. The van der Waals surface area contributed by atoms with Crippen molar-refractivity contribution in [3.63, 3.8) is 0 Å². The maximum atomic E-state index is 7.79. The minimum atomic E-state index is -0.403. The van der Waals surface area contributed by atoms with Crippen LogP contribution in [0.1, 0.15) is 52.4 Å². The monoisotopic (exact) mass is 290 g/mol. The Bertz CT molecular complexity index is 400. The summed E-state index contributed by atoms with van der Waals surface area (Å²) >= 11 is 0. The second kappa shape index (κ2) is 15.8. The zero-order chi connectivity index (χ0) is 16.5. The van der Waals surface area contributed by atoms with Gasteiger partial charge in [0.2, 0.25) is 0 Å². The lowest BCUT2D eigenvalue weighted by atomic mass is 10.2. The first-order valence-corrected chi connectivity index (χ1v) is 7.27. The minimum Gasteiger partial charge on any atom is -0.762 e. The quantitative estimate of drug-likeness (QED) is 0.232. The maximum absolute atomic E-state index is 7.79. The van der Waals surface area contributed by atoms with Crippen LogP contribution in [0.2, 0.25) is 0 Å². The van der Waals surface area contributed by atoms with E-state index in [1.807, 2.05) is 0 Å². The van der Waals surface area contributed by atoms with E-state index in [4.69, 9.17) is 27.4 Å². The molecule has 0 aliphatic heterocycles. The second-order valence-corrected chi connectivity index (χ2v) is 4.54. The fourth-order valence-electron chi connectivity index (χ4n) is 1.55. The lowest BCUT2D eigenvalue weighted by molar-refractivity contribution is -0.530. The van der Waals surface area contributed by atoms with E-state index in [9.17, 15) is 0 Å². The van der Waals surface area contributed by atoms with Gasteiger partial charge in [-0.05, 0) is 12.8 Å². The summed E-state index contributed by atoms with van der Waals surface area (Å²) in [5, 5.41) is 23.4. The van der Waals surface area contributed by atoms with Gasteiger partial charge in [-0.25, -0.2) is 5.87 Å². The number of guanidine groups is 1. The minimum absolute atomic E-state index is 0.403. The molecule has 0 unspecified atom stereocenters. The Morgan fingerprint density at radius 2 is 1.38 bits per heavy atom. The van der Waals surface area contributed by atoms with Gasteiger partial charge in [0, 0.05) is 0 Å². The predicted octanol–water partition coefficient (Wildman–Crippen LogP) is 1.85. The van der Waals surface area contributed by atoms with Gasteiger partial charge in [-0.1, -0.05) is 39.5 Å². The van der Waals surface area contributed by atoms with Crippen LogP contribution in [0.3, 0.4) is 0 Å². The molecule has 0 heterocycles. The molecule has 0 amide bonds. The molecule has 0 radical (unpaired) electrons. The summed E-state index contributed by atoms with van der Waals surface area (Å²) in [4.78, 5) is 0. The molecule has 0 fully saturated rings. The third kappa shape index (κ3) is 13.9. The van der Waals surface area contributed by atoms with Crippen LogP contribution in [-0.4, -0.2) is 29.5 Å². The summed E-state index contributed by atoms with van der Waals surface area (Å²) in [6, 6.07) is 2.79. The van der Waals surface area contributed by atoms with Crippen molar-refractivity contribution in [2.24, 2.45) is 11.5 Å². The van der Waals surface area contributed by atoms with E-state index in [1.54, 1.807) is 0 Å². The Hall–Kier alpha value is -2.30. The second-order valence-electron chi connectivity index (χ2n) is 4.54. The number of nitrogens with two attached hydrogens (primary N) is 2. The van der Waals surface area contributed by atoms with Gasteiger partial charge in [0.15, 0.2) is 0 Å². The van der Waals surface area contributed by atoms with E-state index in [0.717, 1.165) is 13.1 Å². The Kier molecular flexibility index (Phi) is 15.8. The zero-order valence-electron chi connectivity index (χ0n) is 13.1. The Balaban J connectivity index is 0. The number of unbranched alkanes of at least 4 members (excludes halogenated alkanes) is 4. The van der Waals surface area contributed by atoms with Crippen LogP contribution in [0.15, 0.2) is 5.57 Å². The van der Waals surface area contributed by atoms with Gasteiger partial charge in [-0.2, -0.15) is 10.5 Å². The van der Waals surface area contributed by atoms with Crippen LogP contribution in [-0.2, 0) is 0 Å². The fraction of sp³-hybridized carbons (Fsp3) is 0.667. The molecule has 0 saturated heterocycles. The fourth-order valence-corrected chi connectivity index (χ4v) is 1.55. The number of hydrogen-bond donors (Lipinski definition) is 2. The van der Waals surface area contributed by atoms with Crippen molar-refractivity contribution in [2.75, 3.05) is 13.1 Å². The smallest absolute Gasteiger partial charge is 0.341 e. The number of hydrogen-bond acceptors (Lipinski definition) is 2. The molecule has 0 atom stereocenters. The molecule has 116 valence electrons. The number of allylic oxidation sites excluding steroid dienone is 1. The van der Waals surface area contributed by atoms with Gasteiger partial charge < -0.3 is 5.41 Å². The molecule has 0 aromatic heterocycles. The highest BCUT2D eigenvalue weighted by atomic mass is 15.1. The molecule has 0 aliphatic rings.